The van der Waals surface area contributed by atoms with Crippen LogP contribution in [0.2, 0.25) is 5.02 Å². The van der Waals surface area contributed by atoms with Crippen LogP contribution in [0, 0.1) is 5.92 Å². The summed E-state index contributed by atoms with van der Waals surface area (Å²) in [5.74, 6) is -0.0120. The van der Waals surface area contributed by atoms with Crippen molar-refractivity contribution < 1.29 is 9.59 Å². The number of nitrogens with one attached hydrogen (secondary N) is 2. The smallest absolute Gasteiger partial charge is 0.251 e. The van der Waals surface area contributed by atoms with Crippen LogP contribution in [0.3, 0.4) is 0 Å². The van der Waals surface area contributed by atoms with E-state index in [0.29, 0.717) is 16.3 Å². The summed E-state index contributed by atoms with van der Waals surface area (Å²) in [5, 5.41) is 6.55. The molecule has 3 rings (SSSR count). The third kappa shape index (κ3) is 4.60. The molecule has 1 aliphatic rings. The molecule has 1 unspecified atom stereocenters. The van der Waals surface area contributed by atoms with Gasteiger partial charge in [0.2, 0.25) is 5.91 Å². The van der Waals surface area contributed by atoms with Gasteiger partial charge in [-0.05, 0) is 55.2 Å². The van der Waals surface area contributed by atoms with Crippen molar-refractivity contribution in [1.82, 2.24) is 5.32 Å². The van der Waals surface area contributed by atoms with Crippen molar-refractivity contribution in [1.29, 1.82) is 0 Å². The van der Waals surface area contributed by atoms with Gasteiger partial charge in [0.25, 0.3) is 5.91 Å². The van der Waals surface area contributed by atoms with Gasteiger partial charge in [-0.1, -0.05) is 36.7 Å². The lowest BCUT2D eigenvalue weighted by Gasteiger charge is -2.18. The largest absolute Gasteiger partial charge is 0.345 e. The molecule has 1 fully saturated rings. The second-order valence-corrected chi connectivity index (χ2v) is 6.77. The molecule has 2 aromatic rings. The molecule has 0 heterocycles. The van der Waals surface area contributed by atoms with Crippen molar-refractivity contribution in [2.45, 2.75) is 32.2 Å². The quantitative estimate of drug-likeness (QED) is 0.796. The highest BCUT2D eigenvalue weighted by Crippen LogP contribution is 2.30. The number of halogens is 1. The summed E-state index contributed by atoms with van der Waals surface area (Å²) in [5.41, 5.74) is 2.15. The predicted octanol–water partition coefficient (Wildman–Crippen LogP) is 4.57. The van der Waals surface area contributed by atoms with Gasteiger partial charge in [0.1, 0.15) is 0 Å². The normalized spacial score (nSPS) is 14.6. The van der Waals surface area contributed by atoms with E-state index in [2.05, 4.69) is 10.6 Å². The van der Waals surface area contributed by atoms with Crippen molar-refractivity contribution in [3.8, 4) is 0 Å². The maximum Gasteiger partial charge on any atom is 0.251 e. The molecular formula is C20H21ClN2O2. The fourth-order valence-electron chi connectivity index (χ4n) is 2.71. The van der Waals surface area contributed by atoms with Gasteiger partial charge in [0, 0.05) is 22.2 Å². The van der Waals surface area contributed by atoms with E-state index in [9.17, 15) is 9.59 Å². The Balaban J connectivity index is 1.70. The first kappa shape index (κ1) is 17.5. The Bertz CT molecular complexity index is 787. The van der Waals surface area contributed by atoms with Gasteiger partial charge in [0.15, 0.2) is 0 Å². The average Bonchev–Trinajstić information content (AvgIpc) is 3.45. The van der Waals surface area contributed by atoms with Crippen molar-refractivity contribution in [3.05, 3.63) is 64.7 Å². The standard InChI is InChI=1S/C20H21ClN2O2/c1-2-18(14-5-3-7-16(21)11-14)23-20(25)15-6-4-8-17(12-15)22-19(24)13-9-10-13/h3-8,11-13,18H,2,9-10H2,1H3,(H,22,24)(H,23,25). The molecule has 2 amide bonds. The molecule has 1 atom stereocenters. The third-order valence-corrected chi connectivity index (χ3v) is 4.54. The van der Waals surface area contributed by atoms with Crippen LogP contribution in [0.25, 0.3) is 0 Å². The molecular weight excluding hydrogens is 336 g/mol. The monoisotopic (exact) mass is 356 g/mol. The molecule has 0 spiro atoms. The van der Waals surface area contributed by atoms with Crippen molar-refractivity contribution in [2.24, 2.45) is 5.92 Å². The highest BCUT2D eigenvalue weighted by atomic mass is 35.5. The van der Waals surface area contributed by atoms with Gasteiger partial charge in [-0.3, -0.25) is 9.59 Å². The zero-order chi connectivity index (χ0) is 17.8. The number of hydrogen-bond acceptors (Lipinski definition) is 2. The van der Waals surface area contributed by atoms with E-state index in [-0.39, 0.29) is 23.8 Å². The Kier molecular flexibility index (Phi) is 5.39. The molecule has 2 aromatic carbocycles. The zero-order valence-corrected chi connectivity index (χ0v) is 14.8. The first-order valence-corrected chi connectivity index (χ1v) is 8.92. The molecule has 130 valence electrons. The molecule has 0 aliphatic heterocycles. The second kappa shape index (κ2) is 7.70. The molecule has 25 heavy (non-hydrogen) atoms. The first-order valence-electron chi connectivity index (χ1n) is 8.54. The predicted molar refractivity (Wildman–Crippen MR) is 99.7 cm³/mol. The lowest BCUT2D eigenvalue weighted by Crippen LogP contribution is -2.28. The minimum Gasteiger partial charge on any atom is -0.345 e. The molecule has 0 aromatic heterocycles. The molecule has 2 N–H and O–H groups in total. The van der Waals surface area contributed by atoms with Crippen molar-refractivity contribution in [3.63, 3.8) is 0 Å². The molecule has 1 aliphatic carbocycles. The number of rotatable bonds is 6. The highest BCUT2D eigenvalue weighted by Gasteiger charge is 2.29. The summed E-state index contributed by atoms with van der Waals surface area (Å²) in [6, 6.07) is 14.4. The number of benzene rings is 2. The number of hydrogen-bond donors (Lipinski definition) is 2. The van der Waals surface area contributed by atoms with Crippen LogP contribution in [0.5, 0.6) is 0 Å². The Morgan fingerprint density at radius 3 is 2.60 bits per heavy atom. The van der Waals surface area contributed by atoms with Gasteiger partial charge in [-0.25, -0.2) is 0 Å². The highest BCUT2D eigenvalue weighted by molar-refractivity contribution is 6.30. The minimum atomic E-state index is -0.172. The summed E-state index contributed by atoms with van der Waals surface area (Å²) in [6.45, 7) is 2.01. The summed E-state index contributed by atoms with van der Waals surface area (Å²) in [4.78, 5) is 24.5. The molecule has 5 heteroatoms. The van der Waals surface area contributed by atoms with Crippen LogP contribution in [-0.4, -0.2) is 11.8 Å². The summed E-state index contributed by atoms with van der Waals surface area (Å²) in [6.07, 6.45) is 2.65. The Morgan fingerprint density at radius 2 is 1.92 bits per heavy atom. The van der Waals surface area contributed by atoms with Gasteiger partial charge in [-0.2, -0.15) is 0 Å². The summed E-state index contributed by atoms with van der Waals surface area (Å²) >= 11 is 6.05. The number of carbonyl (C=O) groups is 2. The van der Waals surface area contributed by atoms with Crippen molar-refractivity contribution >= 4 is 29.1 Å². The number of amides is 2. The Morgan fingerprint density at radius 1 is 1.16 bits per heavy atom. The molecule has 4 nitrogen and oxygen atoms in total. The van der Waals surface area contributed by atoms with Crippen LogP contribution < -0.4 is 10.6 Å². The minimum absolute atomic E-state index is 0.0305. The SMILES string of the molecule is CCC(NC(=O)c1cccc(NC(=O)C2CC2)c1)c1cccc(Cl)c1. The number of anilines is 1. The maximum atomic E-state index is 12.6. The molecule has 0 radical (unpaired) electrons. The Labute approximate surface area is 152 Å². The lowest BCUT2D eigenvalue weighted by atomic mass is 10.0. The molecule has 1 saturated carbocycles. The van der Waals surface area contributed by atoms with E-state index in [4.69, 9.17) is 11.6 Å². The fourth-order valence-corrected chi connectivity index (χ4v) is 2.91. The fraction of sp³-hybridized carbons (Fsp3) is 0.300. The van der Waals surface area contributed by atoms with Crippen LogP contribution in [-0.2, 0) is 4.79 Å². The third-order valence-electron chi connectivity index (χ3n) is 4.31. The van der Waals surface area contributed by atoms with Crippen LogP contribution in [0.4, 0.5) is 5.69 Å². The Hall–Kier alpha value is -2.33. The van der Waals surface area contributed by atoms with E-state index in [1.165, 1.54) is 0 Å². The first-order chi connectivity index (χ1) is 12.1. The van der Waals surface area contributed by atoms with Gasteiger partial charge in [-0.15, -0.1) is 0 Å². The zero-order valence-electron chi connectivity index (χ0n) is 14.1. The van der Waals surface area contributed by atoms with E-state index in [1.807, 2.05) is 31.2 Å². The van der Waals surface area contributed by atoms with E-state index >= 15 is 0 Å². The second-order valence-electron chi connectivity index (χ2n) is 6.33. The average molecular weight is 357 g/mol. The number of carbonyl (C=O) groups excluding carboxylic acids is 2. The van der Waals surface area contributed by atoms with Crippen LogP contribution in [0.15, 0.2) is 48.5 Å². The summed E-state index contributed by atoms with van der Waals surface area (Å²) < 4.78 is 0. The lowest BCUT2D eigenvalue weighted by molar-refractivity contribution is -0.117. The van der Waals surface area contributed by atoms with Crippen molar-refractivity contribution in [2.75, 3.05) is 5.32 Å². The van der Waals surface area contributed by atoms with Gasteiger partial charge < -0.3 is 10.6 Å². The van der Waals surface area contributed by atoms with E-state index in [0.717, 1.165) is 24.8 Å². The maximum absolute atomic E-state index is 12.6. The topological polar surface area (TPSA) is 58.2 Å². The van der Waals surface area contributed by atoms with Crippen LogP contribution in [0.1, 0.15) is 48.1 Å². The molecule has 0 bridgehead atoms. The van der Waals surface area contributed by atoms with E-state index < -0.39 is 0 Å². The van der Waals surface area contributed by atoms with Crippen LogP contribution >= 0.6 is 11.6 Å². The van der Waals surface area contributed by atoms with Gasteiger partial charge >= 0.3 is 0 Å². The summed E-state index contributed by atoms with van der Waals surface area (Å²) in [7, 11) is 0. The van der Waals surface area contributed by atoms with Gasteiger partial charge in [0.05, 0.1) is 6.04 Å². The molecule has 0 saturated heterocycles. The van der Waals surface area contributed by atoms with E-state index in [1.54, 1.807) is 24.3 Å².